The molecule has 0 aromatic carbocycles. The minimum absolute atomic E-state index is 0.255. The van der Waals surface area contributed by atoms with Gasteiger partial charge < -0.3 is 5.73 Å². The van der Waals surface area contributed by atoms with Crippen LogP contribution in [0.1, 0.15) is 18.0 Å². The number of nitrogens with zero attached hydrogens (tertiary/aromatic N) is 2. The minimum Gasteiger partial charge on any atom is -0.323 e. The van der Waals surface area contributed by atoms with Crippen LogP contribution in [0.25, 0.3) is 0 Å². The van der Waals surface area contributed by atoms with Crippen molar-refractivity contribution in [2.24, 2.45) is 5.73 Å². The third kappa shape index (κ3) is 1.94. The van der Waals surface area contributed by atoms with Crippen molar-refractivity contribution in [3.05, 3.63) is 29.0 Å². The summed E-state index contributed by atoms with van der Waals surface area (Å²) in [5.41, 5.74) is 6.38. The summed E-state index contributed by atoms with van der Waals surface area (Å²) >= 11 is 5.75. The first-order chi connectivity index (χ1) is 5.75. The highest BCUT2D eigenvalue weighted by Crippen LogP contribution is 2.20. The topological polar surface area (TPSA) is 62.7 Å². The van der Waals surface area contributed by atoms with Crippen molar-refractivity contribution in [2.45, 2.75) is 12.5 Å². The monoisotopic (exact) mass is 181 g/mol. The molecule has 0 saturated carbocycles. The van der Waals surface area contributed by atoms with E-state index < -0.39 is 0 Å². The highest BCUT2D eigenvalue weighted by Gasteiger charge is 2.08. The lowest BCUT2D eigenvalue weighted by molar-refractivity contribution is 0.744. The van der Waals surface area contributed by atoms with Crippen molar-refractivity contribution in [1.29, 1.82) is 5.26 Å². The Balaban J connectivity index is 2.88. The lowest BCUT2D eigenvalue weighted by atomic mass is 10.1. The van der Waals surface area contributed by atoms with Gasteiger partial charge in [0.15, 0.2) is 0 Å². The maximum absolute atomic E-state index is 8.40. The molecule has 0 fully saturated rings. The van der Waals surface area contributed by atoms with Crippen LogP contribution in [-0.2, 0) is 0 Å². The molecule has 0 aliphatic carbocycles. The molecule has 3 nitrogen and oxygen atoms in total. The molecule has 1 heterocycles. The van der Waals surface area contributed by atoms with Gasteiger partial charge in [0.25, 0.3) is 0 Å². The lowest BCUT2D eigenvalue weighted by Crippen LogP contribution is -2.10. The molecule has 0 aliphatic heterocycles. The van der Waals surface area contributed by atoms with E-state index in [1.54, 1.807) is 18.3 Å². The Morgan fingerprint density at radius 3 is 3.08 bits per heavy atom. The van der Waals surface area contributed by atoms with Gasteiger partial charge in [-0.1, -0.05) is 17.7 Å². The molecule has 0 saturated heterocycles. The van der Waals surface area contributed by atoms with Gasteiger partial charge in [0.1, 0.15) is 5.15 Å². The molecule has 2 N–H and O–H groups in total. The fourth-order valence-corrected chi connectivity index (χ4v) is 1.14. The SMILES string of the molecule is N#CC[C@H](N)c1cccnc1Cl. The van der Waals surface area contributed by atoms with E-state index in [4.69, 9.17) is 22.6 Å². The van der Waals surface area contributed by atoms with E-state index >= 15 is 0 Å². The second-order valence-corrected chi connectivity index (χ2v) is 2.71. The molecular formula is C8H8ClN3. The van der Waals surface area contributed by atoms with Crippen LogP contribution in [0.2, 0.25) is 5.15 Å². The predicted molar refractivity (Wildman–Crippen MR) is 46.4 cm³/mol. The summed E-state index contributed by atoms with van der Waals surface area (Å²) in [6.07, 6.45) is 1.84. The van der Waals surface area contributed by atoms with Gasteiger partial charge in [-0.05, 0) is 6.07 Å². The first-order valence-electron chi connectivity index (χ1n) is 3.48. The zero-order valence-corrected chi connectivity index (χ0v) is 7.12. The quantitative estimate of drug-likeness (QED) is 0.706. The zero-order chi connectivity index (χ0) is 8.97. The van der Waals surface area contributed by atoms with E-state index in [1.165, 1.54) is 0 Å². The number of nitriles is 1. The fourth-order valence-electron chi connectivity index (χ4n) is 0.883. The van der Waals surface area contributed by atoms with Gasteiger partial charge in [-0.3, -0.25) is 0 Å². The van der Waals surface area contributed by atoms with Crippen molar-refractivity contribution >= 4 is 11.6 Å². The summed E-state index contributed by atoms with van der Waals surface area (Å²) in [5, 5.41) is 8.77. The molecule has 0 amide bonds. The van der Waals surface area contributed by atoms with Crippen molar-refractivity contribution in [3.8, 4) is 6.07 Å². The average Bonchev–Trinajstić information content (AvgIpc) is 2.05. The average molecular weight is 182 g/mol. The summed E-state index contributed by atoms with van der Waals surface area (Å²) in [4.78, 5) is 3.86. The van der Waals surface area contributed by atoms with E-state index in [1.807, 2.05) is 6.07 Å². The standard InChI is InChI=1S/C8H8ClN3/c9-8-6(2-1-5-12-8)7(11)3-4-10/h1-2,5,7H,3,11H2/t7-/m0/s1. The second-order valence-electron chi connectivity index (χ2n) is 2.35. The molecule has 62 valence electrons. The van der Waals surface area contributed by atoms with Gasteiger partial charge in [0.2, 0.25) is 0 Å². The van der Waals surface area contributed by atoms with E-state index in [0.717, 1.165) is 5.56 Å². The van der Waals surface area contributed by atoms with Crippen LogP contribution in [0.5, 0.6) is 0 Å². The molecule has 0 radical (unpaired) electrons. The maximum atomic E-state index is 8.40. The van der Waals surface area contributed by atoms with E-state index in [9.17, 15) is 0 Å². The van der Waals surface area contributed by atoms with Gasteiger partial charge >= 0.3 is 0 Å². The normalized spacial score (nSPS) is 12.1. The Bertz CT molecular complexity index is 305. The smallest absolute Gasteiger partial charge is 0.133 e. The zero-order valence-electron chi connectivity index (χ0n) is 6.37. The number of aromatic nitrogens is 1. The maximum Gasteiger partial charge on any atom is 0.133 e. The van der Waals surface area contributed by atoms with Crippen LogP contribution in [0.15, 0.2) is 18.3 Å². The number of halogens is 1. The van der Waals surface area contributed by atoms with E-state index in [0.29, 0.717) is 5.15 Å². The van der Waals surface area contributed by atoms with Crippen LogP contribution in [0.3, 0.4) is 0 Å². The molecule has 0 aliphatic rings. The third-order valence-corrected chi connectivity index (χ3v) is 1.81. The van der Waals surface area contributed by atoms with Crippen LogP contribution in [0, 0.1) is 11.3 Å². The highest BCUT2D eigenvalue weighted by atomic mass is 35.5. The van der Waals surface area contributed by atoms with Gasteiger partial charge in [-0.2, -0.15) is 5.26 Å². The van der Waals surface area contributed by atoms with Crippen molar-refractivity contribution in [2.75, 3.05) is 0 Å². The van der Waals surface area contributed by atoms with Gasteiger partial charge in [-0.25, -0.2) is 4.98 Å². The molecule has 4 heteroatoms. The number of hydrogen-bond donors (Lipinski definition) is 1. The Morgan fingerprint density at radius 1 is 1.75 bits per heavy atom. The van der Waals surface area contributed by atoms with Crippen LogP contribution in [0.4, 0.5) is 0 Å². The first kappa shape index (κ1) is 8.98. The van der Waals surface area contributed by atoms with Gasteiger partial charge in [-0.15, -0.1) is 0 Å². The Hall–Kier alpha value is -1.11. The molecule has 12 heavy (non-hydrogen) atoms. The molecule has 1 aromatic rings. The van der Waals surface area contributed by atoms with E-state index in [-0.39, 0.29) is 12.5 Å². The molecule has 0 bridgehead atoms. The molecule has 1 rings (SSSR count). The third-order valence-electron chi connectivity index (χ3n) is 1.50. The molecule has 0 spiro atoms. The number of rotatable bonds is 2. The molecule has 0 unspecified atom stereocenters. The number of pyridine rings is 1. The Morgan fingerprint density at radius 2 is 2.50 bits per heavy atom. The summed E-state index contributed by atoms with van der Waals surface area (Å²) in [5.74, 6) is 0. The van der Waals surface area contributed by atoms with Crippen LogP contribution >= 0.6 is 11.6 Å². The molecule has 1 atom stereocenters. The predicted octanol–water partition coefficient (Wildman–Crippen LogP) is 1.65. The number of hydrogen-bond acceptors (Lipinski definition) is 3. The van der Waals surface area contributed by atoms with E-state index in [2.05, 4.69) is 4.98 Å². The Labute approximate surface area is 75.8 Å². The summed E-state index contributed by atoms with van der Waals surface area (Å²) in [7, 11) is 0. The lowest BCUT2D eigenvalue weighted by Gasteiger charge is -2.07. The van der Waals surface area contributed by atoms with Crippen molar-refractivity contribution < 1.29 is 0 Å². The second kappa shape index (κ2) is 4.05. The van der Waals surface area contributed by atoms with Crippen molar-refractivity contribution in [1.82, 2.24) is 4.98 Å². The number of nitrogens with two attached hydrogens (primary N) is 1. The molecule has 1 aromatic heterocycles. The summed E-state index contributed by atoms with van der Waals surface area (Å²) in [6.45, 7) is 0. The van der Waals surface area contributed by atoms with Crippen LogP contribution in [-0.4, -0.2) is 4.98 Å². The highest BCUT2D eigenvalue weighted by molar-refractivity contribution is 6.30. The summed E-state index contributed by atoms with van der Waals surface area (Å²) < 4.78 is 0. The van der Waals surface area contributed by atoms with Crippen molar-refractivity contribution in [3.63, 3.8) is 0 Å². The Kier molecular flexibility index (Phi) is 3.03. The first-order valence-corrected chi connectivity index (χ1v) is 3.86. The fraction of sp³-hybridized carbons (Fsp3) is 0.250. The molecular weight excluding hydrogens is 174 g/mol. The summed E-state index contributed by atoms with van der Waals surface area (Å²) in [6, 6.07) is 5.17. The van der Waals surface area contributed by atoms with Crippen LogP contribution < -0.4 is 5.73 Å². The minimum atomic E-state index is -0.337. The van der Waals surface area contributed by atoms with Gasteiger partial charge in [0, 0.05) is 17.8 Å². The van der Waals surface area contributed by atoms with Gasteiger partial charge in [0.05, 0.1) is 12.5 Å². The largest absolute Gasteiger partial charge is 0.323 e.